The molecule has 0 aliphatic rings. The summed E-state index contributed by atoms with van der Waals surface area (Å²) < 4.78 is 0. The lowest BCUT2D eigenvalue weighted by Crippen LogP contribution is -2.41. The first-order chi connectivity index (χ1) is 7.20. The molecule has 3 heteroatoms. The van der Waals surface area contributed by atoms with E-state index in [-0.39, 0.29) is 0 Å². The molecular weight excluding hydrogens is 186 g/mol. The summed E-state index contributed by atoms with van der Waals surface area (Å²) in [6.45, 7) is 10.7. The largest absolute Gasteiger partial charge is 0.302 e. The molecule has 0 aliphatic heterocycles. The second-order valence-electron chi connectivity index (χ2n) is 4.39. The van der Waals surface area contributed by atoms with Gasteiger partial charge >= 0.3 is 0 Å². The van der Waals surface area contributed by atoms with Crippen LogP contribution in [0.15, 0.2) is 0 Å². The van der Waals surface area contributed by atoms with Crippen molar-refractivity contribution >= 4 is 0 Å². The summed E-state index contributed by atoms with van der Waals surface area (Å²) in [4.78, 5) is 0. The normalized spacial score (nSPS) is 15.2. The zero-order valence-corrected chi connectivity index (χ0v) is 10.9. The fourth-order valence-corrected chi connectivity index (χ4v) is 1.63. The molecule has 0 amide bonds. The minimum absolute atomic E-state index is 0.621. The van der Waals surface area contributed by atoms with Crippen molar-refractivity contribution in [3.63, 3.8) is 0 Å². The fraction of sp³-hybridized carbons (Fsp3) is 1.00. The predicted octanol–water partition coefficient (Wildman–Crippen LogP) is 2.05. The Hall–Kier alpha value is -0.120. The van der Waals surface area contributed by atoms with Gasteiger partial charge in [-0.25, -0.2) is 0 Å². The molecule has 92 valence electrons. The molecule has 0 bridgehead atoms. The lowest BCUT2D eigenvalue weighted by molar-refractivity contribution is 0.432. The van der Waals surface area contributed by atoms with Crippen molar-refractivity contribution in [2.24, 2.45) is 0 Å². The molecule has 0 fully saturated rings. The summed E-state index contributed by atoms with van der Waals surface area (Å²) in [5.41, 5.74) is 0. The van der Waals surface area contributed by atoms with Crippen LogP contribution in [0.1, 0.15) is 53.4 Å². The van der Waals surface area contributed by atoms with Crippen molar-refractivity contribution in [3.05, 3.63) is 0 Å². The third-order valence-corrected chi connectivity index (χ3v) is 2.59. The van der Waals surface area contributed by atoms with E-state index in [1.165, 1.54) is 25.7 Å². The van der Waals surface area contributed by atoms with Crippen LogP contribution in [0.25, 0.3) is 0 Å². The highest BCUT2D eigenvalue weighted by Gasteiger charge is 1.99. The average Bonchev–Trinajstić information content (AvgIpc) is 2.18. The van der Waals surface area contributed by atoms with E-state index in [2.05, 4.69) is 43.6 Å². The Morgan fingerprint density at radius 2 is 1.20 bits per heavy atom. The Labute approximate surface area is 95.4 Å². The van der Waals surface area contributed by atoms with Gasteiger partial charge in [-0.3, -0.25) is 5.32 Å². The quantitative estimate of drug-likeness (QED) is 0.385. The molecule has 0 aromatic carbocycles. The third kappa shape index (κ3) is 10.2. The zero-order chi connectivity index (χ0) is 11.5. The van der Waals surface area contributed by atoms with Gasteiger partial charge in [0.25, 0.3) is 0 Å². The van der Waals surface area contributed by atoms with E-state index in [1.807, 2.05) is 0 Å². The van der Waals surface area contributed by atoms with Crippen molar-refractivity contribution in [2.45, 2.75) is 65.5 Å². The van der Waals surface area contributed by atoms with Gasteiger partial charge in [-0.15, -0.1) is 0 Å². The molecule has 0 aromatic heterocycles. The van der Waals surface area contributed by atoms with Gasteiger partial charge in [-0.2, -0.15) is 0 Å². The first-order valence-electron chi connectivity index (χ1n) is 6.38. The molecule has 0 radical (unpaired) electrons. The van der Waals surface area contributed by atoms with Crippen LogP contribution in [0.5, 0.6) is 0 Å². The smallest absolute Gasteiger partial charge is 0.0466 e. The molecule has 15 heavy (non-hydrogen) atoms. The maximum absolute atomic E-state index is 3.44. The number of nitrogens with one attached hydrogen (secondary N) is 3. The second kappa shape index (κ2) is 10.4. The van der Waals surface area contributed by atoms with Crippen LogP contribution in [0.2, 0.25) is 0 Å². The lowest BCUT2D eigenvalue weighted by Gasteiger charge is -2.16. The Bertz CT molecular complexity index is 114. The van der Waals surface area contributed by atoms with Crippen molar-refractivity contribution in [2.75, 3.05) is 13.3 Å². The molecule has 2 atom stereocenters. The van der Waals surface area contributed by atoms with E-state index in [0.29, 0.717) is 12.1 Å². The van der Waals surface area contributed by atoms with Crippen LogP contribution in [0.4, 0.5) is 0 Å². The highest BCUT2D eigenvalue weighted by Crippen LogP contribution is 1.93. The summed E-state index contributed by atoms with van der Waals surface area (Å²) in [5.74, 6) is 0. The van der Waals surface area contributed by atoms with Crippen LogP contribution in [0.3, 0.4) is 0 Å². The van der Waals surface area contributed by atoms with Gasteiger partial charge in [-0.05, 0) is 26.7 Å². The Balaban J connectivity index is 3.17. The Morgan fingerprint density at radius 3 is 1.53 bits per heavy atom. The molecule has 0 aliphatic carbocycles. The van der Waals surface area contributed by atoms with Crippen molar-refractivity contribution in [1.82, 2.24) is 16.0 Å². The highest BCUT2D eigenvalue weighted by molar-refractivity contribution is 4.60. The Morgan fingerprint density at radius 1 is 0.800 bits per heavy atom. The van der Waals surface area contributed by atoms with Gasteiger partial charge in [0.1, 0.15) is 0 Å². The fourth-order valence-electron chi connectivity index (χ4n) is 1.63. The van der Waals surface area contributed by atoms with Gasteiger partial charge in [0.15, 0.2) is 0 Å². The van der Waals surface area contributed by atoms with E-state index in [1.54, 1.807) is 0 Å². The van der Waals surface area contributed by atoms with Crippen molar-refractivity contribution in [1.29, 1.82) is 0 Å². The average molecular weight is 215 g/mol. The third-order valence-electron chi connectivity index (χ3n) is 2.59. The second-order valence-corrected chi connectivity index (χ2v) is 4.39. The van der Waals surface area contributed by atoms with Gasteiger partial charge in [0.05, 0.1) is 0 Å². The monoisotopic (exact) mass is 215 g/mol. The van der Waals surface area contributed by atoms with Crippen LogP contribution < -0.4 is 16.0 Å². The number of rotatable bonds is 10. The first-order valence-corrected chi connectivity index (χ1v) is 6.38. The molecule has 0 aromatic rings. The molecule has 0 spiro atoms. The SMILES string of the molecule is CCCC(C)NCNCNC(C)CCC. The summed E-state index contributed by atoms with van der Waals surface area (Å²) >= 11 is 0. The van der Waals surface area contributed by atoms with Gasteiger partial charge in [-0.1, -0.05) is 26.7 Å². The van der Waals surface area contributed by atoms with Crippen molar-refractivity contribution < 1.29 is 0 Å². The molecule has 0 rings (SSSR count). The summed E-state index contributed by atoms with van der Waals surface area (Å²) in [5, 5.41) is 10.2. The minimum Gasteiger partial charge on any atom is -0.302 e. The van der Waals surface area contributed by atoms with Crippen LogP contribution in [0, 0.1) is 0 Å². The summed E-state index contributed by atoms with van der Waals surface area (Å²) in [6.07, 6.45) is 5.00. The molecular formula is C12H29N3. The van der Waals surface area contributed by atoms with E-state index in [0.717, 1.165) is 13.3 Å². The molecule has 0 heterocycles. The van der Waals surface area contributed by atoms with E-state index in [4.69, 9.17) is 0 Å². The van der Waals surface area contributed by atoms with E-state index < -0.39 is 0 Å². The number of hydrogen-bond donors (Lipinski definition) is 3. The molecule has 3 nitrogen and oxygen atoms in total. The first kappa shape index (κ1) is 14.9. The van der Waals surface area contributed by atoms with E-state index >= 15 is 0 Å². The maximum Gasteiger partial charge on any atom is 0.0466 e. The molecule has 2 unspecified atom stereocenters. The maximum atomic E-state index is 3.44. The topological polar surface area (TPSA) is 36.1 Å². The standard InChI is InChI=1S/C12H29N3/c1-5-7-11(3)14-9-13-10-15-12(4)8-6-2/h11-15H,5-10H2,1-4H3. The molecule has 0 saturated carbocycles. The Kier molecular flexibility index (Phi) is 10.3. The molecule has 3 N–H and O–H groups in total. The molecule has 0 saturated heterocycles. The lowest BCUT2D eigenvalue weighted by atomic mass is 10.2. The zero-order valence-electron chi connectivity index (χ0n) is 10.9. The van der Waals surface area contributed by atoms with Crippen LogP contribution in [-0.2, 0) is 0 Å². The van der Waals surface area contributed by atoms with Gasteiger partial charge < -0.3 is 10.6 Å². The van der Waals surface area contributed by atoms with Gasteiger partial charge in [0.2, 0.25) is 0 Å². The van der Waals surface area contributed by atoms with Crippen LogP contribution in [-0.4, -0.2) is 25.4 Å². The number of hydrogen-bond acceptors (Lipinski definition) is 3. The highest BCUT2D eigenvalue weighted by atomic mass is 15.1. The predicted molar refractivity (Wildman–Crippen MR) is 67.9 cm³/mol. The summed E-state index contributed by atoms with van der Waals surface area (Å²) in [6, 6.07) is 1.24. The minimum atomic E-state index is 0.621. The summed E-state index contributed by atoms with van der Waals surface area (Å²) in [7, 11) is 0. The van der Waals surface area contributed by atoms with Crippen molar-refractivity contribution in [3.8, 4) is 0 Å². The van der Waals surface area contributed by atoms with E-state index in [9.17, 15) is 0 Å². The van der Waals surface area contributed by atoms with Crippen LogP contribution >= 0.6 is 0 Å². The van der Waals surface area contributed by atoms with Gasteiger partial charge in [0, 0.05) is 25.4 Å².